The van der Waals surface area contributed by atoms with Gasteiger partial charge in [0.05, 0.1) is 24.3 Å². The molecule has 460 valence electrons. The van der Waals surface area contributed by atoms with Crippen LogP contribution in [0.3, 0.4) is 0 Å². The summed E-state index contributed by atoms with van der Waals surface area (Å²) >= 11 is 0. The van der Waals surface area contributed by atoms with Crippen LogP contribution in [0.5, 0.6) is 34.5 Å². The van der Waals surface area contributed by atoms with E-state index >= 15 is 0 Å². The molecule has 0 fully saturated rings. The number of nitrogens with zero attached hydrogens (tertiary/aromatic N) is 6. The van der Waals surface area contributed by atoms with Gasteiger partial charge in [-0.2, -0.15) is 0 Å². The van der Waals surface area contributed by atoms with E-state index in [1.807, 2.05) is 140 Å². The van der Waals surface area contributed by atoms with Gasteiger partial charge in [0.25, 0.3) is 0 Å². The van der Waals surface area contributed by atoms with Gasteiger partial charge in [0.1, 0.15) is 47.7 Å². The zero-order chi connectivity index (χ0) is 63.8. The van der Waals surface area contributed by atoms with Crippen LogP contribution in [0, 0.1) is 55.4 Å². The van der Waals surface area contributed by atoms with Crippen molar-refractivity contribution in [3.8, 4) is 103 Å². The number of aryl methyl sites for hydroxylation is 8. The fourth-order valence-corrected chi connectivity index (χ4v) is 10.8. The molecule has 0 radical (unpaired) electrons. The average molecular weight is 1210 g/mol. The molecule has 0 aliphatic heterocycles. The molecule has 0 bridgehead atoms. The van der Waals surface area contributed by atoms with Gasteiger partial charge in [0.2, 0.25) is 0 Å². The first-order valence-corrected chi connectivity index (χ1v) is 29.7. The van der Waals surface area contributed by atoms with Crippen LogP contribution < -0.4 is 18.9 Å². The standard InChI is InChI=1S/C74H74N6O10/c1-43-13-27-59(47(5)33-43)67-75-68(60-28-14-44(2)34-48(60)6)78-71(77-67)63-31-25-55(37-65(63)81)86-41-57(39-84-11)88-53-21-17-51(18-22-53)74(9,10)52-19-23-54(24-20-52)89-73(83)90-58(40-85-12)42-87-56-26-32-64(66(82)38-56)72-79-69(61-29-15-45(3)35-49(61)7)76-70(80-72)62-30-16-46(4)36-50(62)8/h13-38,57-58,81-82H,39-42H2,1-12H3. The number of carbonyl (C=O) groups excluding carboxylic acids is 1. The maximum atomic E-state index is 13.2. The van der Waals surface area contributed by atoms with Crippen molar-refractivity contribution in [2.75, 3.05) is 40.6 Å². The molecule has 0 saturated carbocycles. The number of aromatic nitrogens is 6. The van der Waals surface area contributed by atoms with Crippen LogP contribution in [0.15, 0.2) is 158 Å². The molecule has 2 heterocycles. The minimum atomic E-state index is -0.939. The Kier molecular flexibility index (Phi) is 19.3. The van der Waals surface area contributed by atoms with Crippen molar-refractivity contribution in [3.63, 3.8) is 0 Å². The maximum Gasteiger partial charge on any atom is 0.514 e. The van der Waals surface area contributed by atoms with Gasteiger partial charge in [0.15, 0.2) is 47.2 Å². The molecule has 16 heteroatoms. The molecule has 90 heavy (non-hydrogen) atoms. The van der Waals surface area contributed by atoms with Gasteiger partial charge in [-0.3, -0.25) is 0 Å². The molecule has 0 spiro atoms. The van der Waals surface area contributed by atoms with Crippen LogP contribution in [-0.4, -0.2) is 99.1 Å². The molecule has 2 atom stereocenters. The Labute approximate surface area is 525 Å². The molecule has 8 aromatic carbocycles. The van der Waals surface area contributed by atoms with E-state index in [1.54, 1.807) is 49.6 Å². The lowest BCUT2D eigenvalue weighted by Gasteiger charge is -2.27. The Balaban J connectivity index is 0.744. The van der Waals surface area contributed by atoms with Crippen LogP contribution in [0.1, 0.15) is 69.5 Å². The van der Waals surface area contributed by atoms with E-state index in [9.17, 15) is 15.0 Å². The van der Waals surface area contributed by atoms with Crippen molar-refractivity contribution >= 4 is 6.16 Å². The summed E-state index contributed by atoms with van der Waals surface area (Å²) in [5, 5.41) is 22.9. The van der Waals surface area contributed by atoms with Crippen molar-refractivity contribution in [1.82, 2.24) is 29.9 Å². The number of carbonyl (C=O) groups is 1. The van der Waals surface area contributed by atoms with E-state index in [-0.39, 0.29) is 43.7 Å². The average Bonchev–Trinajstić information content (AvgIpc) is 0.826. The lowest BCUT2D eigenvalue weighted by atomic mass is 9.78. The van der Waals surface area contributed by atoms with Gasteiger partial charge in [-0.05, 0) is 137 Å². The Morgan fingerprint density at radius 1 is 0.389 bits per heavy atom. The largest absolute Gasteiger partial charge is 0.514 e. The lowest BCUT2D eigenvalue weighted by molar-refractivity contribution is -0.00488. The van der Waals surface area contributed by atoms with Crippen molar-refractivity contribution in [2.45, 2.75) is 86.9 Å². The molecular formula is C74H74N6O10. The highest BCUT2D eigenvalue weighted by Gasteiger charge is 2.26. The third kappa shape index (κ3) is 14.9. The smallest absolute Gasteiger partial charge is 0.507 e. The van der Waals surface area contributed by atoms with E-state index in [0.29, 0.717) is 63.3 Å². The molecular weight excluding hydrogens is 1130 g/mol. The van der Waals surface area contributed by atoms with Gasteiger partial charge in [-0.1, -0.05) is 133 Å². The van der Waals surface area contributed by atoms with Gasteiger partial charge in [-0.25, -0.2) is 34.7 Å². The second-order valence-corrected chi connectivity index (χ2v) is 23.3. The predicted octanol–water partition coefficient (Wildman–Crippen LogP) is 15.3. The number of ether oxygens (including phenoxy) is 7. The molecule has 0 aliphatic rings. The summed E-state index contributed by atoms with van der Waals surface area (Å²) in [5.74, 6) is 4.11. The molecule has 2 unspecified atom stereocenters. The molecule has 0 aliphatic carbocycles. The zero-order valence-electron chi connectivity index (χ0n) is 52.8. The summed E-state index contributed by atoms with van der Waals surface area (Å²) in [6, 6.07) is 49.5. The molecule has 2 N–H and O–H groups in total. The summed E-state index contributed by atoms with van der Waals surface area (Å²) in [6.07, 6.45) is -2.29. The van der Waals surface area contributed by atoms with Crippen LogP contribution in [0.4, 0.5) is 4.79 Å². The quantitative estimate of drug-likeness (QED) is 0.0479. The molecule has 0 amide bonds. The summed E-state index contributed by atoms with van der Waals surface area (Å²) < 4.78 is 40.8. The van der Waals surface area contributed by atoms with Crippen molar-refractivity contribution in [3.05, 3.63) is 213 Å². The lowest BCUT2D eigenvalue weighted by Crippen LogP contribution is -2.30. The third-order valence-corrected chi connectivity index (χ3v) is 15.7. The summed E-state index contributed by atoms with van der Waals surface area (Å²) in [5.41, 5.74) is 14.4. The number of benzene rings is 8. The summed E-state index contributed by atoms with van der Waals surface area (Å²) in [4.78, 5) is 42.5. The summed E-state index contributed by atoms with van der Waals surface area (Å²) in [7, 11) is 3.09. The first-order chi connectivity index (χ1) is 43.2. The Morgan fingerprint density at radius 3 is 1.04 bits per heavy atom. The van der Waals surface area contributed by atoms with Crippen LogP contribution >= 0.6 is 0 Å². The Hall–Kier alpha value is -10.0. The molecule has 10 rings (SSSR count). The molecule has 16 nitrogen and oxygen atoms in total. The van der Waals surface area contributed by atoms with Crippen molar-refractivity contribution < 1.29 is 48.2 Å². The molecule has 10 aromatic rings. The Morgan fingerprint density at radius 2 is 0.700 bits per heavy atom. The van der Waals surface area contributed by atoms with E-state index < -0.39 is 23.8 Å². The van der Waals surface area contributed by atoms with Crippen molar-refractivity contribution in [1.29, 1.82) is 0 Å². The SMILES string of the molecule is COCC(COc1ccc(-c2nc(-c3ccc(C)cc3C)nc(-c3ccc(C)cc3C)n2)c(O)c1)OC(=O)Oc1ccc(C(C)(C)c2ccc(OC(COC)COc3ccc(-c4nc(-c5ccc(C)cc5C)nc(-c5ccc(C)cc5C)n4)c(O)c3)cc2)cc1. The number of phenolic OH excluding ortho intramolecular Hbond substituents is 2. The highest BCUT2D eigenvalue weighted by atomic mass is 16.7. The normalized spacial score (nSPS) is 12.1. The fraction of sp³-hybridized carbons (Fsp3) is 0.257. The first kappa shape index (κ1) is 63.0. The van der Waals surface area contributed by atoms with E-state index in [1.165, 1.54) is 13.2 Å². The van der Waals surface area contributed by atoms with Gasteiger partial charge >= 0.3 is 6.16 Å². The fourth-order valence-electron chi connectivity index (χ4n) is 10.8. The maximum absolute atomic E-state index is 13.2. The zero-order valence-corrected chi connectivity index (χ0v) is 52.8. The number of phenols is 2. The number of rotatable bonds is 22. The Bertz CT molecular complexity index is 4090. The number of aromatic hydroxyl groups is 2. The minimum absolute atomic E-state index is 0.0158. The van der Waals surface area contributed by atoms with Gasteiger partial charge in [-0.15, -0.1) is 0 Å². The third-order valence-electron chi connectivity index (χ3n) is 15.7. The second kappa shape index (κ2) is 27.6. The molecule has 2 aromatic heterocycles. The number of hydrogen-bond acceptors (Lipinski definition) is 16. The topological polar surface area (TPSA) is 199 Å². The van der Waals surface area contributed by atoms with Crippen LogP contribution in [0.25, 0.3) is 68.3 Å². The first-order valence-electron chi connectivity index (χ1n) is 29.7. The van der Waals surface area contributed by atoms with Crippen LogP contribution in [-0.2, 0) is 19.6 Å². The highest BCUT2D eigenvalue weighted by Crippen LogP contribution is 2.38. The van der Waals surface area contributed by atoms with Crippen LogP contribution in [0.2, 0.25) is 0 Å². The van der Waals surface area contributed by atoms with Gasteiger partial charge in [0, 0.05) is 54.0 Å². The number of hydrogen-bond donors (Lipinski definition) is 2. The minimum Gasteiger partial charge on any atom is -0.507 e. The highest BCUT2D eigenvalue weighted by molar-refractivity contribution is 5.74. The monoisotopic (exact) mass is 1210 g/mol. The van der Waals surface area contributed by atoms with E-state index in [2.05, 4.69) is 38.1 Å². The second-order valence-electron chi connectivity index (χ2n) is 23.3. The van der Waals surface area contributed by atoms with E-state index in [0.717, 1.165) is 77.9 Å². The van der Waals surface area contributed by atoms with E-state index in [4.69, 9.17) is 63.1 Å². The number of methoxy groups -OCH3 is 2. The summed E-state index contributed by atoms with van der Waals surface area (Å²) in [6.45, 7) is 20.8. The molecule has 0 saturated heterocycles. The predicted molar refractivity (Wildman–Crippen MR) is 349 cm³/mol. The van der Waals surface area contributed by atoms with Gasteiger partial charge < -0.3 is 43.4 Å². The van der Waals surface area contributed by atoms with Crippen molar-refractivity contribution in [2.24, 2.45) is 0 Å².